The molecule has 1 saturated heterocycles. The minimum absolute atomic E-state index is 0.339. The van der Waals surface area contributed by atoms with Crippen LogP contribution in [0.2, 0.25) is 0 Å². The van der Waals surface area contributed by atoms with Crippen LogP contribution in [0.25, 0.3) is 11.4 Å². The zero-order valence-corrected chi connectivity index (χ0v) is 16.8. The summed E-state index contributed by atoms with van der Waals surface area (Å²) in [5, 5.41) is 4.03. The molecule has 6 heteroatoms. The van der Waals surface area contributed by atoms with Crippen LogP contribution in [-0.4, -0.2) is 47.1 Å². The number of benzene rings is 1. The van der Waals surface area contributed by atoms with E-state index in [0.29, 0.717) is 17.6 Å². The SMILES string of the molecule is CCc1nc(-c2ccc(N3CCN(C(=O)CCC4CCCC4)CC3)cc2)no1. The normalized spacial score (nSPS) is 18.0. The molecule has 0 radical (unpaired) electrons. The lowest BCUT2D eigenvalue weighted by atomic mass is 10.0. The van der Waals surface area contributed by atoms with Gasteiger partial charge in [-0.25, -0.2) is 0 Å². The second-order valence-electron chi connectivity index (χ2n) is 7.97. The summed E-state index contributed by atoms with van der Waals surface area (Å²) in [5.41, 5.74) is 2.15. The van der Waals surface area contributed by atoms with Gasteiger partial charge < -0.3 is 14.3 Å². The van der Waals surface area contributed by atoms with Gasteiger partial charge in [-0.2, -0.15) is 4.98 Å². The van der Waals surface area contributed by atoms with Crippen molar-refractivity contribution in [2.24, 2.45) is 5.92 Å². The topological polar surface area (TPSA) is 62.5 Å². The van der Waals surface area contributed by atoms with E-state index in [1.807, 2.05) is 24.0 Å². The highest BCUT2D eigenvalue weighted by Gasteiger charge is 2.23. The first-order chi connectivity index (χ1) is 13.7. The van der Waals surface area contributed by atoms with Crippen molar-refractivity contribution in [3.05, 3.63) is 30.2 Å². The summed E-state index contributed by atoms with van der Waals surface area (Å²) in [7, 11) is 0. The van der Waals surface area contributed by atoms with Crippen LogP contribution in [0.15, 0.2) is 28.8 Å². The maximum absolute atomic E-state index is 12.5. The van der Waals surface area contributed by atoms with E-state index in [1.54, 1.807) is 0 Å². The minimum Gasteiger partial charge on any atom is -0.368 e. The molecule has 6 nitrogen and oxygen atoms in total. The van der Waals surface area contributed by atoms with Gasteiger partial charge in [-0.1, -0.05) is 37.8 Å². The highest BCUT2D eigenvalue weighted by Crippen LogP contribution is 2.29. The van der Waals surface area contributed by atoms with E-state index in [-0.39, 0.29) is 0 Å². The molecule has 2 aliphatic rings. The van der Waals surface area contributed by atoms with Gasteiger partial charge in [-0.3, -0.25) is 4.79 Å². The van der Waals surface area contributed by atoms with Gasteiger partial charge in [-0.05, 0) is 36.6 Å². The molecular weight excluding hydrogens is 352 g/mol. The van der Waals surface area contributed by atoms with Crippen LogP contribution in [0.1, 0.15) is 51.3 Å². The first-order valence-corrected chi connectivity index (χ1v) is 10.7. The van der Waals surface area contributed by atoms with E-state index in [1.165, 1.54) is 31.4 Å². The number of aromatic nitrogens is 2. The molecule has 2 aromatic rings. The van der Waals surface area contributed by atoms with E-state index in [9.17, 15) is 4.79 Å². The number of aryl methyl sites for hydroxylation is 1. The Morgan fingerprint density at radius 3 is 2.46 bits per heavy atom. The van der Waals surface area contributed by atoms with Crippen LogP contribution in [0.4, 0.5) is 5.69 Å². The molecule has 28 heavy (non-hydrogen) atoms. The van der Waals surface area contributed by atoms with E-state index in [0.717, 1.165) is 56.9 Å². The zero-order chi connectivity index (χ0) is 19.3. The van der Waals surface area contributed by atoms with Crippen LogP contribution < -0.4 is 4.90 Å². The second kappa shape index (κ2) is 8.76. The molecule has 0 unspecified atom stereocenters. The quantitative estimate of drug-likeness (QED) is 0.758. The smallest absolute Gasteiger partial charge is 0.226 e. The third kappa shape index (κ3) is 4.37. The van der Waals surface area contributed by atoms with Crippen molar-refractivity contribution in [3.63, 3.8) is 0 Å². The molecule has 1 amide bonds. The van der Waals surface area contributed by atoms with Crippen molar-refractivity contribution in [2.75, 3.05) is 31.1 Å². The second-order valence-corrected chi connectivity index (χ2v) is 7.97. The van der Waals surface area contributed by atoms with Crippen LogP contribution in [0.5, 0.6) is 0 Å². The highest BCUT2D eigenvalue weighted by molar-refractivity contribution is 5.76. The third-order valence-electron chi connectivity index (χ3n) is 6.13. The summed E-state index contributed by atoms with van der Waals surface area (Å²) in [6.45, 7) is 5.40. The predicted molar refractivity (Wildman–Crippen MR) is 109 cm³/mol. The minimum atomic E-state index is 0.339. The van der Waals surface area contributed by atoms with E-state index < -0.39 is 0 Å². The number of carbonyl (C=O) groups excluding carboxylic acids is 1. The number of hydrogen-bond donors (Lipinski definition) is 0. The van der Waals surface area contributed by atoms with Gasteiger partial charge >= 0.3 is 0 Å². The van der Waals surface area contributed by atoms with Gasteiger partial charge in [0.1, 0.15) is 0 Å². The summed E-state index contributed by atoms with van der Waals surface area (Å²) >= 11 is 0. The maximum atomic E-state index is 12.5. The van der Waals surface area contributed by atoms with Gasteiger partial charge in [0.25, 0.3) is 0 Å². The van der Waals surface area contributed by atoms with Crippen molar-refractivity contribution in [2.45, 2.75) is 51.9 Å². The Morgan fingerprint density at radius 2 is 1.82 bits per heavy atom. The molecule has 2 fully saturated rings. The molecular formula is C22H30N4O2. The molecule has 0 spiro atoms. The van der Waals surface area contributed by atoms with Crippen molar-refractivity contribution < 1.29 is 9.32 Å². The molecule has 4 rings (SSSR count). The molecule has 2 heterocycles. The molecule has 1 aromatic heterocycles. The number of nitrogens with zero attached hydrogens (tertiary/aromatic N) is 4. The van der Waals surface area contributed by atoms with Crippen molar-refractivity contribution in [1.82, 2.24) is 15.0 Å². The predicted octanol–water partition coefficient (Wildman–Crippen LogP) is 3.92. The van der Waals surface area contributed by atoms with Crippen molar-refractivity contribution in [3.8, 4) is 11.4 Å². The van der Waals surface area contributed by atoms with E-state index in [2.05, 4.69) is 27.2 Å². The molecule has 0 bridgehead atoms. The average molecular weight is 383 g/mol. The van der Waals surface area contributed by atoms with Crippen molar-refractivity contribution in [1.29, 1.82) is 0 Å². The number of piperazine rings is 1. The number of carbonyl (C=O) groups is 1. The van der Waals surface area contributed by atoms with Crippen LogP contribution in [0.3, 0.4) is 0 Å². The summed E-state index contributed by atoms with van der Waals surface area (Å²) in [6.07, 6.45) is 7.89. The Bertz CT molecular complexity index is 772. The lowest BCUT2D eigenvalue weighted by Gasteiger charge is -2.36. The lowest BCUT2D eigenvalue weighted by Crippen LogP contribution is -2.48. The number of rotatable bonds is 6. The Labute approximate surface area is 166 Å². The molecule has 1 saturated carbocycles. The molecule has 1 aromatic carbocycles. The summed E-state index contributed by atoms with van der Waals surface area (Å²) in [4.78, 5) is 21.3. The number of hydrogen-bond acceptors (Lipinski definition) is 5. The first-order valence-electron chi connectivity index (χ1n) is 10.7. The Hall–Kier alpha value is -2.37. The van der Waals surface area contributed by atoms with Crippen LogP contribution in [0, 0.1) is 5.92 Å². The summed E-state index contributed by atoms with van der Waals surface area (Å²) in [5.74, 6) is 2.43. The van der Waals surface area contributed by atoms with Gasteiger partial charge in [0.05, 0.1) is 0 Å². The van der Waals surface area contributed by atoms with Gasteiger partial charge in [0.2, 0.25) is 17.6 Å². The van der Waals surface area contributed by atoms with Gasteiger partial charge in [-0.15, -0.1) is 0 Å². The molecule has 0 atom stereocenters. The maximum Gasteiger partial charge on any atom is 0.226 e. The summed E-state index contributed by atoms with van der Waals surface area (Å²) in [6, 6.07) is 8.29. The van der Waals surface area contributed by atoms with Gasteiger partial charge in [0.15, 0.2) is 0 Å². The fraction of sp³-hybridized carbons (Fsp3) is 0.591. The Kier molecular flexibility index (Phi) is 5.93. The average Bonchev–Trinajstić information content (AvgIpc) is 3.44. The largest absolute Gasteiger partial charge is 0.368 e. The zero-order valence-electron chi connectivity index (χ0n) is 16.8. The van der Waals surface area contributed by atoms with E-state index in [4.69, 9.17) is 4.52 Å². The van der Waals surface area contributed by atoms with Gasteiger partial charge in [0, 0.05) is 50.3 Å². The lowest BCUT2D eigenvalue weighted by molar-refractivity contribution is -0.131. The molecule has 1 aliphatic heterocycles. The molecule has 150 valence electrons. The first kappa shape index (κ1) is 19.0. The Balaban J connectivity index is 1.27. The molecule has 1 aliphatic carbocycles. The Morgan fingerprint density at radius 1 is 1.11 bits per heavy atom. The monoisotopic (exact) mass is 382 g/mol. The standard InChI is InChI=1S/C22H30N4O2/c1-2-20-23-22(24-28-20)18-8-10-19(11-9-18)25-13-15-26(16-14-25)21(27)12-7-17-5-3-4-6-17/h8-11,17H,2-7,12-16H2,1H3. The summed E-state index contributed by atoms with van der Waals surface area (Å²) < 4.78 is 5.19. The number of amides is 1. The fourth-order valence-electron chi connectivity index (χ4n) is 4.34. The van der Waals surface area contributed by atoms with Crippen LogP contribution in [-0.2, 0) is 11.2 Å². The third-order valence-corrected chi connectivity index (χ3v) is 6.13. The molecule has 0 N–H and O–H groups in total. The van der Waals surface area contributed by atoms with Crippen LogP contribution >= 0.6 is 0 Å². The van der Waals surface area contributed by atoms with Crippen molar-refractivity contribution >= 4 is 11.6 Å². The van der Waals surface area contributed by atoms with E-state index >= 15 is 0 Å². The fourth-order valence-corrected chi connectivity index (χ4v) is 4.34. The number of anilines is 1. The highest BCUT2D eigenvalue weighted by atomic mass is 16.5.